The fourth-order valence-corrected chi connectivity index (χ4v) is 4.18. The molecule has 0 bridgehead atoms. The highest BCUT2D eigenvalue weighted by Crippen LogP contribution is 2.22. The Morgan fingerprint density at radius 1 is 1.00 bits per heavy atom. The molecule has 2 saturated heterocycles. The Balaban J connectivity index is 1.63. The van der Waals surface area contributed by atoms with Crippen LogP contribution in [0.2, 0.25) is 0 Å². The van der Waals surface area contributed by atoms with Crippen LogP contribution in [0, 0.1) is 6.92 Å². The lowest BCUT2D eigenvalue weighted by Gasteiger charge is -2.32. The zero-order valence-corrected chi connectivity index (χ0v) is 15.6. The third-order valence-corrected chi connectivity index (χ3v) is 5.68. The molecule has 2 aliphatic heterocycles. The van der Waals surface area contributed by atoms with E-state index < -0.39 is 0 Å². The van der Waals surface area contributed by atoms with Crippen molar-refractivity contribution in [3.8, 4) is 0 Å². The van der Waals surface area contributed by atoms with Gasteiger partial charge in [-0.25, -0.2) is 4.98 Å². The van der Waals surface area contributed by atoms with E-state index in [0.29, 0.717) is 6.04 Å². The summed E-state index contributed by atoms with van der Waals surface area (Å²) in [6, 6.07) is 2.79. The van der Waals surface area contributed by atoms with E-state index >= 15 is 0 Å². The summed E-state index contributed by atoms with van der Waals surface area (Å²) in [6.07, 6.45) is 9.09. The summed E-state index contributed by atoms with van der Waals surface area (Å²) in [5, 5.41) is 4.85. The third kappa shape index (κ3) is 3.64. The van der Waals surface area contributed by atoms with Crippen molar-refractivity contribution in [3.05, 3.63) is 17.6 Å². The minimum Gasteiger partial charge on any atom is -0.356 e. The van der Waals surface area contributed by atoms with Gasteiger partial charge in [-0.1, -0.05) is 19.3 Å². The standard InChI is InChI=1S/C19H30N6/c1-15-13-18(23-10-6-3-4-7-11-23)25-19(20-15)21-17(22-25)14-24-12-8-5-9-16(24)2/h13,16H,3-12,14H2,1-2H3/t16-/m1/s1. The summed E-state index contributed by atoms with van der Waals surface area (Å²) < 4.78 is 1.97. The number of piperidine rings is 1. The van der Waals surface area contributed by atoms with Gasteiger partial charge in [0.2, 0.25) is 0 Å². The number of aromatic nitrogens is 4. The minimum atomic E-state index is 0.625. The second kappa shape index (κ2) is 7.28. The Kier molecular flexibility index (Phi) is 4.88. The van der Waals surface area contributed by atoms with E-state index in [4.69, 9.17) is 10.1 Å². The van der Waals surface area contributed by atoms with Crippen LogP contribution in [0.5, 0.6) is 0 Å². The fourth-order valence-electron chi connectivity index (χ4n) is 4.18. The van der Waals surface area contributed by atoms with Crippen molar-refractivity contribution in [3.63, 3.8) is 0 Å². The first kappa shape index (κ1) is 16.8. The summed E-state index contributed by atoms with van der Waals surface area (Å²) in [6.45, 7) is 8.58. The largest absolute Gasteiger partial charge is 0.356 e. The van der Waals surface area contributed by atoms with E-state index in [1.54, 1.807) is 0 Å². The normalized spacial score (nSPS) is 23.1. The Morgan fingerprint density at radius 2 is 1.76 bits per heavy atom. The first-order valence-electron chi connectivity index (χ1n) is 9.93. The van der Waals surface area contributed by atoms with Crippen LogP contribution < -0.4 is 4.90 Å². The molecule has 2 fully saturated rings. The van der Waals surface area contributed by atoms with Gasteiger partial charge in [0.15, 0.2) is 5.82 Å². The molecule has 0 saturated carbocycles. The van der Waals surface area contributed by atoms with Gasteiger partial charge in [-0.2, -0.15) is 9.50 Å². The third-order valence-electron chi connectivity index (χ3n) is 5.68. The number of fused-ring (bicyclic) bond motifs is 1. The molecule has 6 heteroatoms. The lowest BCUT2D eigenvalue weighted by Crippen LogP contribution is -2.37. The highest BCUT2D eigenvalue weighted by Gasteiger charge is 2.21. The molecule has 1 atom stereocenters. The van der Waals surface area contributed by atoms with E-state index in [1.807, 2.05) is 4.52 Å². The molecule has 25 heavy (non-hydrogen) atoms. The van der Waals surface area contributed by atoms with Crippen molar-refractivity contribution in [2.75, 3.05) is 24.5 Å². The average Bonchev–Trinajstić information content (AvgIpc) is 2.81. The van der Waals surface area contributed by atoms with Crippen LogP contribution in [0.1, 0.15) is 63.4 Å². The van der Waals surface area contributed by atoms with Crippen LogP contribution in [0.4, 0.5) is 5.82 Å². The van der Waals surface area contributed by atoms with Gasteiger partial charge in [0.05, 0.1) is 6.54 Å². The number of hydrogen-bond donors (Lipinski definition) is 0. The van der Waals surface area contributed by atoms with E-state index in [0.717, 1.165) is 49.3 Å². The Morgan fingerprint density at radius 3 is 2.52 bits per heavy atom. The van der Waals surface area contributed by atoms with Crippen molar-refractivity contribution in [1.29, 1.82) is 0 Å². The van der Waals surface area contributed by atoms with Gasteiger partial charge >= 0.3 is 0 Å². The second-order valence-corrected chi connectivity index (χ2v) is 7.71. The maximum atomic E-state index is 4.85. The lowest BCUT2D eigenvalue weighted by molar-refractivity contribution is 0.149. The molecular formula is C19H30N6. The van der Waals surface area contributed by atoms with Crippen molar-refractivity contribution in [2.45, 2.75) is 71.4 Å². The first-order chi connectivity index (χ1) is 12.2. The van der Waals surface area contributed by atoms with E-state index in [9.17, 15) is 0 Å². The van der Waals surface area contributed by atoms with Crippen molar-refractivity contribution >= 4 is 11.6 Å². The number of likely N-dealkylation sites (tertiary alicyclic amines) is 1. The number of anilines is 1. The Bertz CT molecular complexity index is 716. The smallest absolute Gasteiger partial charge is 0.254 e. The number of nitrogens with zero attached hydrogens (tertiary/aromatic N) is 6. The fraction of sp³-hybridized carbons (Fsp3) is 0.737. The van der Waals surface area contributed by atoms with Crippen LogP contribution in [0.15, 0.2) is 6.07 Å². The summed E-state index contributed by atoms with van der Waals surface area (Å²) >= 11 is 0. The highest BCUT2D eigenvalue weighted by molar-refractivity contribution is 5.47. The molecule has 4 rings (SSSR count). The molecule has 0 unspecified atom stereocenters. The van der Waals surface area contributed by atoms with E-state index in [2.05, 4.69) is 34.7 Å². The quantitative estimate of drug-likeness (QED) is 0.857. The van der Waals surface area contributed by atoms with Gasteiger partial charge in [0.1, 0.15) is 5.82 Å². The molecule has 0 amide bonds. The molecule has 4 heterocycles. The second-order valence-electron chi connectivity index (χ2n) is 7.71. The SMILES string of the molecule is Cc1cc(N2CCCCCC2)n2nc(CN3CCCC[C@H]3C)nc2n1. The molecule has 0 aliphatic carbocycles. The molecular weight excluding hydrogens is 312 g/mol. The van der Waals surface area contributed by atoms with E-state index in [1.165, 1.54) is 44.9 Å². The predicted molar refractivity (Wildman–Crippen MR) is 99.9 cm³/mol. The number of rotatable bonds is 3. The Hall–Kier alpha value is -1.69. The van der Waals surface area contributed by atoms with Crippen LogP contribution in [0.25, 0.3) is 5.78 Å². The molecule has 0 N–H and O–H groups in total. The summed E-state index contributed by atoms with van der Waals surface area (Å²) in [5.74, 6) is 2.82. The van der Waals surface area contributed by atoms with Gasteiger partial charge in [-0.15, -0.1) is 5.10 Å². The zero-order valence-electron chi connectivity index (χ0n) is 15.6. The van der Waals surface area contributed by atoms with E-state index in [-0.39, 0.29) is 0 Å². The number of aryl methyl sites for hydroxylation is 1. The maximum Gasteiger partial charge on any atom is 0.254 e. The van der Waals surface area contributed by atoms with Gasteiger partial charge in [-0.05, 0) is 46.1 Å². The molecule has 0 radical (unpaired) electrons. The van der Waals surface area contributed by atoms with Crippen LogP contribution in [0.3, 0.4) is 0 Å². The monoisotopic (exact) mass is 342 g/mol. The topological polar surface area (TPSA) is 49.6 Å². The highest BCUT2D eigenvalue weighted by atomic mass is 15.4. The van der Waals surface area contributed by atoms with Gasteiger partial charge in [0, 0.05) is 30.9 Å². The lowest BCUT2D eigenvalue weighted by atomic mass is 10.0. The van der Waals surface area contributed by atoms with Crippen LogP contribution in [-0.4, -0.2) is 50.2 Å². The maximum absolute atomic E-state index is 4.85. The molecule has 0 aromatic carbocycles. The first-order valence-corrected chi connectivity index (χ1v) is 9.93. The Labute approximate surface area is 150 Å². The summed E-state index contributed by atoms with van der Waals surface area (Å²) in [4.78, 5) is 14.4. The summed E-state index contributed by atoms with van der Waals surface area (Å²) in [7, 11) is 0. The van der Waals surface area contributed by atoms with Crippen molar-refractivity contribution < 1.29 is 0 Å². The van der Waals surface area contributed by atoms with Crippen molar-refractivity contribution in [1.82, 2.24) is 24.5 Å². The zero-order chi connectivity index (χ0) is 17.2. The van der Waals surface area contributed by atoms with Gasteiger partial charge in [-0.3, -0.25) is 4.90 Å². The minimum absolute atomic E-state index is 0.625. The molecule has 6 nitrogen and oxygen atoms in total. The molecule has 2 aromatic heterocycles. The van der Waals surface area contributed by atoms with Gasteiger partial charge in [0.25, 0.3) is 5.78 Å². The molecule has 136 valence electrons. The average molecular weight is 342 g/mol. The predicted octanol–water partition coefficient (Wildman–Crippen LogP) is 3.19. The van der Waals surface area contributed by atoms with Crippen molar-refractivity contribution in [2.24, 2.45) is 0 Å². The van der Waals surface area contributed by atoms with Gasteiger partial charge < -0.3 is 4.90 Å². The summed E-state index contributed by atoms with van der Waals surface area (Å²) in [5.41, 5.74) is 1.03. The van der Waals surface area contributed by atoms with Crippen LogP contribution >= 0.6 is 0 Å². The molecule has 2 aromatic rings. The number of hydrogen-bond acceptors (Lipinski definition) is 5. The van der Waals surface area contributed by atoms with Crippen LogP contribution in [-0.2, 0) is 6.54 Å². The molecule has 0 spiro atoms. The molecule has 2 aliphatic rings.